The molecule has 0 N–H and O–H groups in total. The minimum absolute atomic E-state index is 0.0153. The van der Waals surface area contributed by atoms with Gasteiger partial charge in [0, 0.05) is 38.5 Å². The van der Waals surface area contributed by atoms with Crippen molar-refractivity contribution in [2.24, 2.45) is 11.8 Å². The minimum Gasteiger partial charge on any atom is -0.497 e. The first-order chi connectivity index (χ1) is 14.1. The molecule has 152 valence electrons. The van der Waals surface area contributed by atoms with Gasteiger partial charge in [0.15, 0.2) is 0 Å². The van der Waals surface area contributed by atoms with Crippen molar-refractivity contribution in [2.75, 3.05) is 27.2 Å². The molecule has 0 unspecified atom stereocenters. The molecule has 0 radical (unpaired) electrons. The van der Waals surface area contributed by atoms with E-state index in [0.717, 1.165) is 29.7 Å². The quantitative estimate of drug-likeness (QED) is 0.758. The van der Waals surface area contributed by atoms with Crippen molar-refractivity contribution < 1.29 is 14.3 Å². The van der Waals surface area contributed by atoms with Crippen LogP contribution in [0.25, 0.3) is 0 Å². The van der Waals surface area contributed by atoms with Crippen LogP contribution in [0.5, 0.6) is 5.75 Å². The van der Waals surface area contributed by atoms with E-state index in [4.69, 9.17) is 4.74 Å². The first-order valence-electron chi connectivity index (χ1n) is 10.3. The summed E-state index contributed by atoms with van der Waals surface area (Å²) >= 11 is 0. The van der Waals surface area contributed by atoms with Gasteiger partial charge in [0.1, 0.15) is 5.75 Å². The van der Waals surface area contributed by atoms with Crippen LogP contribution < -0.4 is 4.74 Å². The summed E-state index contributed by atoms with van der Waals surface area (Å²) in [5, 5.41) is 0. The summed E-state index contributed by atoms with van der Waals surface area (Å²) in [6, 6.07) is 17.9. The van der Waals surface area contributed by atoms with E-state index in [1.807, 2.05) is 66.5 Å². The molecule has 0 bridgehead atoms. The van der Waals surface area contributed by atoms with E-state index in [1.54, 1.807) is 12.0 Å². The highest BCUT2D eigenvalue weighted by Gasteiger charge is 2.44. The Kier molecular flexibility index (Phi) is 5.56. The molecule has 4 rings (SSSR count). The molecule has 1 aliphatic carbocycles. The van der Waals surface area contributed by atoms with Crippen LogP contribution >= 0.6 is 0 Å². The highest BCUT2D eigenvalue weighted by Crippen LogP contribution is 2.39. The number of methoxy groups -OCH3 is 1. The van der Waals surface area contributed by atoms with E-state index in [1.165, 1.54) is 0 Å². The molecule has 1 saturated heterocycles. The molecule has 5 nitrogen and oxygen atoms in total. The van der Waals surface area contributed by atoms with Crippen LogP contribution in [0.2, 0.25) is 0 Å². The van der Waals surface area contributed by atoms with Gasteiger partial charge in [0.25, 0.3) is 0 Å². The van der Waals surface area contributed by atoms with Crippen molar-refractivity contribution in [3.63, 3.8) is 0 Å². The Labute approximate surface area is 172 Å². The standard InChI is InChI=1S/C24H28N2O3/c1-25(14-17-7-4-3-5-8-17)24(28)22-16-26(23(27)18-11-12-18)15-21(22)19-9-6-10-20(13-19)29-2/h3-10,13,18,21-22H,11-12,14-16H2,1-2H3/t21-,22+/m1/s1. The highest BCUT2D eigenvalue weighted by atomic mass is 16.5. The molecular weight excluding hydrogens is 364 g/mol. The summed E-state index contributed by atoms with van der Waals surface area (Å²) in [6.07, 6.45) is 1.96. The monoisotopic (exact) mass is 392 g/mol. The number of amides is 2. The highest BCUT2D eigenvalue weighted by molar-refractivity contribution is 5.85. The molecule has 1 aliphatic heterocycles. The summed E-state index contributed by atoms with van der Waals surface area (Å²) in [7, 11) is 3.50. The molecule has 0 aromatic heterocycles. The number of rotatable bonds is 6. The van der Waals surface area contributed by atoms with Gasteiger partial charge in [-0.05, 0) is 36.1 Å². The van der Waals surface area contributed by atoms with Crippen LogP contribution in [0, 0.1) is 11.8 Å². The first kappa shape index (κ1) is 19.5. The Morgan fingerprint density at radius 1 is 1.07 bits per heavy atom. The number of carbonyl (C=O) groups excluding carboxylic acids is 2. The van der Waals surface area contributed by atoms with Gasteiger partial charge < -0.3 is 14.5 Å². The maximum absolute atomic E-state index is 13.4. The number of hydrogen-bond acceptors (Lipinski definition) is 3. The first-order valence-corrected chi connectivity index (χ1v) is 10.3. The summed E-state index contributed by atoms with van der Waals surface area (Å²) < 4.78 is 5.38. The molecule has 2 aromatic carbocycles. The third-order valence-corrected chi connectivity index (χ3v) is 6.04. The molecule has 2 aromatic rings. The van der Waals surface area contributed by atoms with Crippen LogP contribution in [-0.4, -0.2) is 48.9 Å². The molecule has 5 heteroatoms. The fourth-order valence-electron chi connectivity index (χ4n) is 4.25. The maximum atomic E-state index is 13.4. The van der Waals surface area contributed by atoms with Gasteiger partial charge in [-0.25, -0.2) is 0 Å². The van der Waals surface area contributed by atoms with Crippen molar-refractivity contribution in [1.82, 2.24) is 9.80 Å². The SMILES string of the molecule is COc1cccc([C@H]2CN(C(=O)C3CC3)C[C@@H]2C(=O)N(C)Cc2ccccc2)c1. The molecular formula is C24H28N2O3. The minimum atomic E-state index is -0.237. The molecule has 1 heterocycles. The van der Waals surface area contributed by atoms with E-state index in [2.05, 4.69) is 0 Å². The zero-order valence-corrected chi connectivity index (χ0v) is 17.1. The number of benzene rings is 2. The second-order valence-corrected chi connectivity index (χ2v) is 8.19. The zero-order valence-electron chi connectivity index (χ0n) is 17.1. The fourth-order valence-corrected chi connectivity index (χ4v) is 4.25. The van der Waals surface area contributed by atoms with Crippen LogP contribution in [0.3, 0.4) is 0 Å². The van der Waals surface area contributed by atoms with Gasteiger partial charge in [-0.3, -0.25) is 9.59 Å². The molecule has 1 saturated carbocycles. The fraction of sp³-hybridized carbons (Fsp3) is 0.417. The van der Waals surface area contributed by atoms with Crippen molar-refractivity contribution in [3.05, 3.63) is 65.7 Å². The van der Waals surface area contributed by atoms with Gasteiger partial charge in [0.05, 0.1) is 13.0 Å². The van der Waals surface area contributed by atoms with Crippen molar-refractivity contribution in [1.29, 1.82) is 0 Å². The molecule has 2 fully saturated rings. The van der Waals surface area contributed by atoms with E-state index in [9.17, 15) is 9.59 Å². The van der Waals surface area contributed by atoms with Crippen molar-refractivity contribution >= 4 is 11.8 Å². The third kappa shape index (κ3) is 4.29. The smallest absolute Gasteiger partial charge is 0.228 e. The number of hydrogen-bond donors (Lipinski definition) is 0. The predicted molar refractivity (Wildman–Crippen MR) is 111 cm³/mol. The van der Waals surface area contributed by atoms with Crippen LogP contribution in [-0.2, 0) is 16.1 Å². The Balaban J connectivity index is 1.56. The second-order valence-electron chi connectivity index (χ2n) is 8.19. The lowest BCUT2D eigenvalue weighted by atomic mass is 9.88. The molecule has 2 atom stereocenters. The Bertz CT molecular complexity index is 879. The Morgan fingerprint density at radius 2 is 1.83 bits per heavy atom. The second kappa shape index (κ2) is 8.27. The molecule has 2 amide bonds. The number of likely N-dealkylation sites (tertiary alicyclic amines) is 1. The normalized spacial score (nSPS) is 21.1. The van der Waals surface area contributed by atoms with Gasteiger partial charge in [-0.2, -0.15) is 0 Å². The predicted octanol–water partition coefficient (Wildman–Crippen LogP) is 3.31. The van der Waals surface area contributed by atoms with Gasteiger partial charge in [-0.1, -0.05) is 42.5 Å². The van der Waals surface area contributed by atoms with Crippen LogP contribution in [0.4, 0.5) is 0 Å². The topological polar surface area (TPSA) is 49.9 Å². The van der Waals surface area contributed by atoms with Crippen LogP contribution in [0.1, 0.15) is 29.9 Å². The number of ether oxygens (including phenoxy) is 1. The zero-order chi connectivity index (χ0) is 20.4. The van der Waals surface area contributed by atoms with Crippen molar-refractivity contribution in [2.45, 2.75) is 25.3 Å². The largest absolute Gasteiger partial charge is 0.497 e. The number of carbonyl (C=O) groups is 2. The summed E-state index contributed by atoms with van der Waals surface area (Å²) in [5.74, 6) is 0.985. The van der Waals surface area contributed by atoms with E-state index >= 15 is 0 Å². The van der Waals surface area contributed by atoms with Crippen molar-refractivity contribution in [3.8, 4) is 5.75 Å². The lowest BCUT2D eigenvalue weighted by Gasteiger charge is -2.25. The Morgan fingerprint density at radius 3 is 2.52 bits per heavy atom. The summed E-state index contributed by atoms with van der Waals surface area (Å²) in [6.45, 7) is 1.66. The lowest BCUT2D eigenvalue weighted by molar-refractivity contribution is -0.135. The molecule has 29 heavy (non-hydrogen) atoms. The average molecular weight is 392 g/mol. The van der Waals surface area contributed by atoms with E-state index < -0.39 is 0 Å². The molecule has 2 aliphatic rings. The lowest BCUT2D eigenvalue weighted by Crippen LogP contribution is -2.37. The molecule has 0 spiro atoms. The van der Waals surface area contributed by atoms with Gasteiger partial charge in [0.2, 0.25) is 11.8 Å². The van der Waals surface area contributed by atoms with Gasteiger partial charge in [-0.15, -0.1) is 0 Å². The summed E-state index contributed by atoms with van der Waals surface area (Å²) in [4.78, 5) is 29.8. The average Bonchev–Trinajstić information content (AvgIpc) is 3.51. The summed E-state index contributed by atoms with van der Waals surface area (Å²) in [5.41, 5.74) is 2.16. The van der Waals surface area contributed by atoms with E-state index in [-0.39, 0.29) is 29.6 Å². The van der Waals surface area contributed by atoms with Gasteiger partial charge >= 0.3 is 0 Å². The third-order valence-electron chi connectivity index (χ3n) is 6.04. The van der Waals surface area contributed by atoms with Crippen LogP contribution in [0.15, 0.2) is 54.6 Å². The Hall–Kier alpha value is -2.82. The maximum Gasteiger partial charge on any atom is 0.228 e. The van der Waals surface area contributed by atoms with E-state index in [0.29, 0.717) is 19.6 Å². The number of nitrogens with zero attached hydrogens (tertiary/aromatic N) is 2.